The number of carbonyl (C=O) groups is 1. The number of anilines is 1. The summed E-state index contributed by atoms with van der Waals surface area (Å²) in [6.07, 6.45) is 0. The third kappa shape index (κ3) is 1.95. The Bertz CT molecular complexity index is 1330. The molecule has 0 aliphatic heterocycles. The summed E-state index contributed by atoms with van der Waals surface area (Å²) in [5.74, 6) is -0.945. The van der Waals surface area contributed by atoms with Crippen molar-refractivity contribution in [1.29, 1.82) is 0 Å². The Hall–Kier alpha value is -4.22. The predicted molar refractivity (Wildman–Crippen MR) is 86.5 cm³/mol. The number of aromatic amines is 1. The number of benzene rings is 1. The summed E-state index contributed by atoms with van der Waals surface area (Å²) >= 11 is 0. The fourth-order valence-corrected chi connectivity index (χ4v) is 2.63. The molecule has 126 valence electrons. The van der Waals surface area contributed by atoms with Gasteiger partial charge in [-0.05, 0) is 15.5 Å². The van der Waals surface area contributed by atoms with Crippen molar-refractivity contribution in [2.45, 2.75) is 0 Å². The van der Waals surface area contributed by atoms with Crippen LogP contribution in [0.3, 0.4) is 0 Å². The zero-order valence-corrected chi connectivity index (χ0v) is 12.7. The van der Waals surface area contributed by atoms with Crippen molar-refractivity contribution < 1.29 is 14.1 Å². The molecule has 0 saturated carbocycles. The summed E-state index contributed by atoms with van der Waals surface area (Å²) in [4.78, 5) is 21.0. The van der Waals surface area contributed by atoms with E-state index in [1.807, 2.05) is 24.3 Å². The van der Waals surface area contributed by atoms with E-state index in [1.165, 1.54) is 0 Å². The number of H-pyrrole nitrogens is 1. The molecule has 2 aromatic carbocycles. The standard InChI is InChI=1S/C14H7N9O3/c15-11-10(20-25-21-11)14(24)19-18-8-6-4-2-1-3-5(6)7-9(8)17-13-12(16-7)22-26-23-13/h1-4H,(H2,15,21)(H,17,23). The SMILES string of the molecule is Nc1nonc1C(=O)N=Nc1c2ccccc2c2nc3no[nH]c3nc12. The number of nitrogens with two attached hydrogens (primary N) is 1. The van der Waals surface area contributed by atoms with Crippen LogP contribution in [0.1, 0.15) is 10.5 Å². The van der Waals surface area contributed by atoms with Gasteiger partial charge in [-0.1, -0.05) is 24.3 Å². The molecule has 26 heavy (non-hydrogen) atoms. The molecule has 1 amide bonds. The van der Waals surface area contributed by atoms with E-state index < -0.39 is 5.91 Å². The summed E-state index contributed by atoms with van der Waals surface area (Å²) in [5.41, 5.74) is 7.34. The van der Waals surface area contributed by atoms with Gasteiger partial charge < -0.3 is 5.73 Å². The molecule has 0 aliphatic rings. The first-order valence-corrected chi connectivity index (χ1v) is 7.28. The van der Waals surface area contributed by atoms with Gasteiger partial charge in [0, 0.05) is 10.8 Å². The molecule has 0 radical (unpaired) electrons. The molecule has 0 unspecified atom stereocenters. The second kappa shape index (κ2) is 5.14. The normalized spacial score (nSPS) is 12.0. The molecule has 0 spiro atoms. The van der Waals surface area contributed by atoms with E-state index in [-0.39, 0.29) is 11.5 Å². The van der Waals surface area contributed by atoms with E-state index in [9.17, 15) is 4.79 Å². The summed E-state index contributed by atoms with van der Waals surface area (Å²) in [6, 6.07) is 7.38. The molecule has 0 atom stereocenters. The second-order valence-electron chi connectivity index (χ2n) is 5.28. The van der Waals surface area contributed by atoms with Crippen LogP contribution in [0.2, 0.25) is 0 Å². The minimum atomic E-state index is -0.784. The molecule has 5 aromatic rings. The number of nitrogens with zero attached hydrogens (tertiary/aromatic N) is 7. The monoisotopic (exact) mass is 349 g/mol. The molecule has 0 bridgehead atoms. The highest BCUT2D eigenvalue weighted by Gasteiger charge is 2.19. The molecular formula is C14H7N9O3. The van der Waals surface area contributed by atoms with Crippen molar-refractivity contribution in [3.63, 3.8) is 0 Å². The lowest BCUT2D eigenvalue weighted by atomic mass is 10.2. The average molecular weight is 349 g/mol. The third-order valence-electron chi connectivity index (χ3n) is 3.77. The molecule has 12 nitrogen and oxygen atoms in total. The zero-order valence-electron chi connectivity index (χ0n) is 12.7. The Balaban J connectivity index is 1.73. The third-order valence-corrected chi connectivity index (χ3v) is 3.77. The average Bonchev–Trinajstić information content (AvgIpc) is 3.35. The lowest BCUT2D eigenvalue weighted by molar-refractivity contribution is 0.0986. The van der Waals surface area contributed by atoms with E-state index in [2.05, 4.69) is 45.5 Å². The van der Waals surface area contributed by atoms with Gasteiger partial charge in [-0.25, -0.2) is 14.6 Å². The minimum Gasteiger partial charge on any atom is -0.379 e. The first-order valence-electron chi connectivity index (χ1n) is 7.28. The van der Waals surface area contributed by atoms with Crippen molar-refractivity contribution in [2.24, 2.45) is 10.2 Å². The molecule has 0 aliphatic carbocycles. The van der Waals surface area contributed by atoms with Crippen LogP contribution in [0.15, 0.2) is 43.8 Å². The maximum absolute atomic E-state index is 12.1. The minimum absolute atomic E-state index is 0.160. The maximum atomic E-state index is 12.1. The number of fused-ring (bicyclic) bond motifs is 4. The van der Waals surface area contributed by atoms with E-state index in [0.29, 0.717) is 28.0 Å². The van der Waals surface area contributed by atoms with Gasteiger partial charge in [0.25, 0.3) is 0 Å². The van der Waals surface area contributed by atoms with Gasteiger partial charge in [0.05, 0.1) is 0 Å². The Morgan fingerprint density at radius 2 is 1.92 bits per heavy atom. The highest BCUT2D eigenvalue weighted by molar-refractivity contribution is 6.18. The molecule has 3 heterocycles. The lowest BCUT2D eigenvalue weighted by Gasteiger charge is -1.92. The van der Waals surface area contributed by atoms with E-state index in [0.717, 1.165) is 10.8 Å². The number of rotatable bonds is 2. The van der Waals surface area contributed by atoms with Crippen LogP contribution in [-0.2, 0) is 0 Å². The number of amides is 1. The first kappa shape index (κ1) is 14.2. The van der Waals surface area contributed by atoms with Gasteiger partial charge in [-0.3, -0.25) is 9.42 Å². The van der Waals surface area contributed by atoms with E-state index in [4.69, 9.17) is 10.4 Å². The van der Waals surface area contributed by atoms with Crippen molar-refractivity contribution in [3.05, 3.63) is 30.0 Å². The Kier molecular flexibility index (Phi) is 2.80. The molecule has 5 rings (SSSR count). The van der Waals surface area contributed by atoms with Crippen molar-refractivity contribution in [2.75, 3.05) is 5.73 Å². The zero-order chi connectivity index (χ0) is 17.7. The number of nitrogen functional groups attached to an aromatic ring is 1. The largest absolute Gasteiger partial charge is 0.379 e. The molecule has 3 aromatic heterocycles. The second-order valence-corrected chi connectivity index (χ2v) is 5.28. The van der Waals surface area contributed by atoms with Crippen molar-refractivity contribution in [3.8, 4) is 0 Å². The highest BCUT2D eigenvalue weighted by Crippen LogP contribution is 2.38. The number of hydrogen-bond donors (Lipinski definition) is 2. The smallest absolute Gasteiger partial charge is 0.321 e. The number of aromatic nitrogens is 6. The van der Waals surface area contributed by atoms with Crippen LogP contribution in [0, 0.1) is 0 Å². The van der Waals surface area contributed by atoms with Gasteiger partial charge in [0.2, 0.25) is 22.8 Å². The molecular weight excluding hydrogens is 342 g/mol. The molecule has 0 fully saturated rings. The quantitative estimate of drug-likeness (QED) is 0.452. The number of hydrogen-bond acceptors (Lipinski definition) is 10. The van der Waals surface area contributed by atoms with Crippen LogP contribution in [0.5, 0.6) is 0 Å². The van der Waals surface area contributed by atoms with Crippen molar-refractivity contribution in [1.82, 2.24) is 30.6 Å². The summed E-state index contributed by atoms with van der Waals surface area (Å²) in [7, 11) is 0. The Morgan fingerprint density at radius 3 is 2.73 bits per heavy atom. The summed E-state index contributed by atoms with van der Waals surface area (Å²) < 4.78 is 9.16. The topological polar surface area (TPSA) is 174 Å². The van der Waals surface area contributed by atoms with Gasteiger partial charge in [0.15, 0.2) is 0 Å². The van der Waals surface area contributed by atoms with Crippen molar-refractivity contribution >= 4 is 50.5 Å². The maximum Gasteiger partial charge on any atom is 0.321 e. The predicted octanol–water partition coefficient (Wildman–Crippen LogP) is 2.14. The highest BCUT2D eigenvalue weighted by atomic mass is 16.6. The van der Waals surface area contributed by atoms with Crippen LogP contribution >= 0.6 is 0 Å². The lowest BCUT2D eigenvalue weighted by Crippen LogP contribution is -1.99. The van der Waals surface area contributed by atoms with Gasteiger partial charge >= 0.3 is 5.91 Å². The summed E-state index contributed by atoms with van der Waals surface area (Å²) in [6.45, 7) is 0. The first-order chi connectivity index (χ1) is 12.7. The summed E-state index contributed by atoms with van der Waals surface area (Å²) in [5, 5.41) is 22.3. The van der Waals surface area contributed by atoms with Crippen LogP contribution < -0.4 is 5.73 Å². The number of carbonyl (C=O) groups excluding carboxylic acids is 1. The van der Waals surface area contributed by atoms with Gasteiger partial charge in [-0.2, -0.15) is 5.16 Å². The number of nitrogens with one attached hydrogen (secondary N) is 1. The molecule has 0 saturated heterocycles. The fourth-order valence-electron chi connectivity index (χ4n) is 2.63. The number of azo groups is 1. The van der Waals surface area contributed by atoms with E-state index >= 15 is 0 Å². The Morgan fingerprint density at radius 1 is 1.08 bits per heavy atom. The van der Waals surface area contributed by atoms with Gasteiger partial charge in [-0.15, -0.1) is 10.2 Å². The van der Waals surface area contributed by atoms with Gasteiger partial charge in [0.1, 0.15) is 16.7 Å². The Labute approximate surface area is 142 Å². The molecule has 12 heteroatoms. The van der Waals surface area contributed by atoms with Crippen LogP contribution in [0.25, 0.3) is 33.1 Å². The molecule has 3 N–H and O–H groups in total. The van der Waals surface area contributed by atoms with Crippen LogP contribution in [-0.4, -0.2) is 36.5 Å². The van der Waals surface area contributed by atoms with Crippen LogP contribution in [0.4, 0.5) is 11.5 Å². The van der Waals surface area contributed by atoms with E-state index in [1.54, 1.807) is 0 Å². The fraction of sp³-hybridized carbons (Fsp3) is 0.